The number of alkyl halides is 2. The number of ether oxygens (including phenoxy) is 1. The number of piperazine rings is 1. The van der Waals surface area contributed by atoms with Crippen LogP contribution in [0.15, 0.2) is 22.7 Å². The van der Waals surface area contributed by atoms with E-state index in [4.69, 9.17) is 9.84 Å². The summed E-state index contributed by atoms with van der Waals surface area (Å²) in [5.74, 6) is -2.85. The summed E-state index contributed by atoms with van der Waals surface area (Å²) in [6, 6.07) is 3.80. The molecule has 2 rings (SSSR count). The van der Waals surface area contributed by atoms with E-state index in [1.807, 2.05) is 0 Å². The van der Waals surface area contributed by atoms with Gasteiger partial charge in [-0.25, -0.2) is 8.78 Å². The minimum atomic E-state index is -3.24. The normalized spacial score (nSPS) is 18.5. The predicted octanol–water partition coefficient (Wildman–Crippen LogP) is 2.03. The second-order valence-electron chi connectivity index (χ2n) is 4.99. The molecule has 1 aliphatic heterocycles. The Hall–Kier alpha value is -0.760. The van der Waals surface area contributed by atoms with Gasteiger partial charge in [0, 0.05) is 36.2 Å². The molecule has 1 aromatic carbocycles. The van der Waals surface area contributed by atoms with Gasteiger partial charge in [-0.2, -0.15) is 0 Å². The number of methoxy groups -OCH3 is 1. The summed E-state index contributed by atoms with van der Waals surface area (Å²) >= 11 is 3.31. The van der Waals surface area contributed by atoms with Gasteiger partial charge in [-0.05, 0) is 12.1 Å². The summed E-state index contributed by atoms with van der Waals surface area (Å²) in [5.41, 5.74) is 0.390. The molecule has 0 radical (unpaired) electrons. The van der Waals surface area contributed by atoms with E-state index in [9.17, 15) is 8.78 Å². The first-order chi connectivity index (χ1) is 9.99. The van der Waals surface area contributed by atoms with Crippen molar-refractivity contribution in [2.75, 3.05) is 39.9 Å². The first kappa shape index (κ1) is 16.6. The minimum absolute atomic E-state index is 0.390. The fraction of sp³-hybridized carbons (Fsp3) is 0.571. The molecule has 1 aromatic rings. The van der Waals surface area contributed by atoms with Crippen LogP contribution in [0.5, 0.6) is 5.75 Å². The molecule has 0 aliphatic carbocycles. The quantitative estimate of drug-likeness (QED) is 0.838. The maximum absolute atomic E-state index is 14.3. The van der Waals surface area contributed by atoms with Crippen LogP contribution in [0.1, 0.15) is 11.6 Å². The van der Waals surface area contributed by atoms with E-state index >= 15 is 0 Å². The number of halogens is 3. The summed E-state index contributed by atoms with van der Waals surface area (Å²) in [4.78, 5) is 1.69. The average Bonchev–Trinajstić information content (AvgIpc) is 2.50. The summed E-state index contributed by atoms with van der Waals surface area (Å²) in [5, 5.41) is 12.3. The van der Waals surface area contributed by atoms with E-state index in [1.54, 1.807) is 23.1 Å². The highest BCUT2D eigenvalue weighted by Crippen LogP contribution is 2.41. The highest BCUT2D eigenvalue weighted by molar-refractivity contribution is 9.10. The molecule has 1 fully saturated rings. The summed E-state index contributed by atoms with van der Waals surface area (Å²) in [6.45, 7) is 1.10. The summed E-state index contributed by atoms with van der Waals surface area (Å²) < 4.78 is 34.7. The molecule has 0 bridgehead atoms. The fourth-order valence-electron chi connectivity index (χ4n) is 2.63. The van der Waals surface area contributed by atoms with Crippen molar-refractivity contribution in [2.45, 2.75) is 12.0 Å². The number of nitrogens with one attached hydrogen (secondary N) is 1. The van der Waals surface area contributed by atoms with Gasteiger partial charge < -0.3 is 15.2 Å². The number of benzene rings is 1. The van der Waals surface area contributed by atoms with Gasteiger partial charge in [0.25, 0.3) is 5.92 Å². The Labute approximate surface area is 131 Å². The largest absolute Gasteiger partial charge is 0.496 e. The molecule has 0 aromatic heterocycles. The van der Waals surface area contributed by atoms with E-state index in [0.717, 1.165) is 4.47 Å². The van der Waals surface area contributed by atoms with Gasteiger partial charge in [-0.3, -0.25) is 4.90 Å². The van der Waals surface area contributed by atoms with Crippen molar-refractivity contribution in [3.05, 3.63) is 28.2 Å². The molecule has 2 N–H and O–H groups in total. The standard InChI is InChI=1S/C14H19BrF2N2O2/c1-21-12-8-10(15)2-3-11(12)13(14(16,17)9-20)19-6-4-18-5-7-19/h2-3,8,13,18,20H,4-7,9H2,1H3/t13-/m0/s1. The zero-order chi connectivity index (χ0) is 15.5. The predicted molar refractivity (Wildman–Crippen MR) is 79.9 cm³/mol. The number of aliphatic hydroxyl groups excluding tert-OH is 1. The third-order valence-corrected chi connectivity index (χ3v) is 4.11. The Kier molecular flexibility index (Phi) is 5.54. The maximum atomic E-state index is 14.3. The number of nitrogens with zero attached hydrogens (tertiary/aromatic N) is 1. The first-order valence-electron chi connectivity index (χ1n) is 6.76. The SMILES string of the molecule is COc1cc(Br)ccc1[C@H](N1CCNCC1)C(F)(F)CO. The second-order valence-corrected chi connectivity index (χ2v) is 5.91. The first-order valence-corrected chi connectivity index (χ1v) is 7.56. The monoisotopic (exact) mass is 364 g/mol. The van der Waals surface area contributed by atoms with Gasteiger partial charge in [0.1, 0.15) is 18.4 Å². The molecule has 118 valence electrons. The number of hydrogen-bond acceptors (Lipinski definition) is 4. The van der Waals surface area contributed by atoms with Gasteiger partial charge in [0.15, 0.2) is 0 Å². The lowest BCUT2D eigenvalue weighted by Crippen LogP contribution is -2.51. The van der Waals surface area contributed by atoms with E-state index in [2.05, 4.69) is 21.2 Å². The molecular formula is C14H19BrF2N2O2. The molecule has 0 saturated carbocycles. The zero-order valence-corrected chi connectivity index (χ0v) is 13.4. The lowest BCUT2D eigenvalue weighted by molar-refractivity contribution is -0.119. The molecule has 1 atom stereocenters. The van der Waals surface area contributed by atoms with Crippen molar-refractivity contribution in [1.29, 1.82) is 0 Å². The Balaban J connectivity index is 2.43. The highest BCUT2D eigenvalue weighted by Gasteiger charge is 2.45. The van der Waals surface area contributed by atoms with E-state index in [-0.39, 0.29) is 0 Å². The fourth-order valence-corrected chi connectivity index (χ4v) is 2.97. The van der Waals surface area contributed by atoms with Gasteiger partial charge in [0.05, 0.1) is 7.11 Å². The van der Waals surface area contributed by atoms with Crippen LogP contribution < -0.4 is 10.1 Å². The van der Waals surface area contributed by atoms with Crippen molar-refractivity contribution >= 4 is 15.9 Å². The van der Waals surface area contributed by atoms with Crippen LogP contribution in [0, 0.1) is 0 Å². The Morgan fingerprint density at radius 3 is 2.67 bits per heavy atom. The van der Waals surface area contributed by atoms with Crippen LogP contribution in [-0.2, 0) is 0 Å². The molecule has 0 spiro atoms. The van der Waals surface area contributed by atoms with Crippen LogP contribution in [0.4, 0.5) is 8.78 Å². The zero-order valence-electron chi connectivity index (χ0n) is 11.8. The van der Waals surface area contributed by atoms with Crippen molar-refractivity contribution in [3.63, 3.8) is 0 Å². The molecule has 1 saturated heterocycles. The molecule has 0 unspecified atom stereocenters. The van der Waals surface area contributed by atoms with Crippen molar-refractivity contribution in [1.82, 2.24) is 10.2 Å². The highest BCUT2D eigenvalue weighted by atomic mass is 79.9. The molecule has 1 heterocycles. The van der Waals surface area contributed by atoms with Crippen LogP contribution in [0.3, 0.4) is 0 Å². The lowest BCUT2D eigenvalue weighted by atomic mass is 9.97. The van der Waals surface area contributed by atoms with Crippen LogP contribution in [0.25, 0.3) is 0 Å². The van der Waals surface area contributed by atoms with Crippen LogP contribution >= 0.6 is 15.9 Å². The smallest absolute Gasteiger partial charge is 0.290 e. The van der Waals surface area contributed by atoms with Gasteiger partial charge in [0.2, 0.25) is 0 Å². The molecule has 4 nitrogen and oxygen atoms in total. The van der Waals surface area contributed by atoms with Crippen LogP contribution in [-0.4, -0.2) is 55.8 Å². The summed E-state index contributed by atoms with van der Waals surface area (Å²) in [7, 11) is 1.46. The number of hydrogen-bond donors (Lipinski definition) is 2. The summed E-state index contributed by atoms with van der Waals surface area (Å²) in [6.07, 6.45) is 0. The molecule has 1 aliphatic rings. The second kappa shape index (κ2) is 7.00. The van der Waals surface area contributed by atoms with Gasteiger partial charge >= 0.3 is 0 Å². The molecule has 0 amide bonds. The molecule has 21 heavy (non-hydrogen) atoms. The van der Waals surface area contributed by atoms with E-state index in [0.29, 0.717) is 37.5 Å². The third kappa shape index (κ3) is 3.71. The van der Waals surface area contributed by atoms with Gasteiger partial charge in [-0.15, -0.1) is 0 Å². The van der Waals surface area contributed by atoms with E-state index < -0.39 is 18.6 Å². The van der Waals surface area contributed by atoms with Crippen LogP contribution in [0.2, 0.25) is 0 Å². The minimum Gasteiger partial charge on any atom is -0.496 e. The Morgan fingerprint density at radius 2 is 2.10 bits per heavy atom. The van der Waals surface area contributed by atoms with E-state index in [1.165, 1.54) is 7.11 Å². The molecule has 7 heteroatoms. The van der Waals surface area contributed by atoms with Gasteiger partial charge in [-0.1, -0.05) is 22.0 Å². The Morgan fingerprint density at radius 1 is 1.43 bits per heavy atom. The van der Waals surface area contributed by atoms with Crippen molar-refractivity contribution < 1.29 is 18.6 Å². The van der Waals surface area contributed by atoms with Crippen molar-refractivity contribution in [2.24, 2.45) is 0 Å². The average molecular weight is 365 g/mol. The number of aliphatic hydroxyl groups is 1. The number of rotatable bonds is 5. The maximum Gasteiger partial charge on any atom is 0.290 e. The molecular weight excluding hydrogens is 346 g/mol. The Bertz CT molecular complexity index is 482. The topological polar surface area (TPSA) is 44.7 Å². The van der Waals surface area contributed by atoms with Crippen molar-refractivity contribution in [3.8, 4) is 5.75 Å². The third-order valence-electron chi connectivity index (χ3n) is 3.62. The lowest BCUT2D eigenvalue weighted by Gasteiger charge is -2.39.